The topological polar surface area (TPSA) is 36.4 Å². The molecule has 0 radical (unpaired) electrons. The van der Waals surface area contributed by atoms with Gasteiger partial charge in [-0.25, -0.2) is 0 Å². The van der Waals surface area contributed by atoms with Crippen LogP contribution in [-0.4, -0.2) is 47.4 Å². The van der Waals surface area contributed by atoms with Gasteiger partial charge in [-0.2, -0.15) is 0 Å². The van der Waals surface area contributed by atoms with Crippen LogP contribution in [0.4, 0.5) is 0 Å². The van der Waals surface area contributed by atoms with Crippen molar-refractivity contribution < 1.29 is 4.79 Å². The Hall–Kier alpha value is -1.94. The van der Waals surface area contributed by atoms with E-state index >= 15 is 0 Å². The Morgan fingerprint density at radius 2 is 2.17 bits per heavy atom. The van der Waals surface area contributed by atoms with Gasteiger partial charge in [0.1, 0.15) is 0 Å². The molecule has 4 nitrogen and oxygen atoms in total. The molecule has 0 N–H and O–H groups in total. The number of nitrogens with zero attached hydrogens (tertiary/aromatic N) is 3. The zero-order valence-corrected chi connectivity index (χ0v) is 14.0. The van der Waals surface area contributed by atoms with Gasteiger partial charge in [0.25, 0.3) is 0 Å². The summed E-state index contributed by atoms with van der Waals surface area (Å²) in [5.74, 6) is 0.237. The lowest BCUT2D eigenvalue weighted by atomic mass is 10.1. The molecule has 0 aliphatic carbocycles. The van der Waals surface area contributed by atoms with Gasteiger partial charge in [-0.15, -0.1) is 0 Å². The van der Waals surface area contributed by atoms with Crippen LogP contribution in [0.25, 0.3) is 10.8 Å². The molecule has 0 bridgehead atoms. The molecule has 0 saturated carbocycles. The highest BCUT2D eigenvalue weighted by molar-refractivity contribution is 5.86. The number of hydrogen-bond acceptors (Lipinski definition) is 3. The Bertz CT molecular complexity index is 680. The average Bonchev–Trinajstić information content (AvgIpc) is 2.79. The summed E-state index contributed by atoms with van der Waals surface area (Å²) in [5, 5.41) is 2.30. The highest BCUT2D eigenvalue weighted by Crippen LogP contribution is 2.21. The molecule has 2 aromatic rings. The lowest BCUT2D eigenvalue weighted by molar-refractivity contribution is -0.135. The van der Waals surface area contributed by atoms with E-state index < -0.39 is 0 Å². The molecule has 1 saturated heterocycles. The van der Waals surface area contributed by atoms with Crippen molar-refractivity contribution in [3.05, 3.63) is 42.2 Å². The Morgan fingerprint density at radius 1 is 1.30 bits per heavy atom. The van der Waals surface area contributed by atoms with Crippen LogP contribution in [0.5, 0.6) is 0 Å². The van der Waals surface area contributed by atoms with Crippen LogP contribution in [0, 0.1) is 0 Å². The minimum atomic E-state index is 0.0270. The predicted molar refractivity (Wildman–Crippen MR) is 93.1 cm³/mol. The number of fused-ring (bicyclic) bond motifs is 1. The zero-order valence-electron chi connectivity index (χ0n) is 14.0. The van der Waals surface area contributed by atoms with Crippen molar-refractivity contribution in [3.8, 4) is 0 Å². The van der Waals surface area contributed by atoms with Crippen LogP contribution >= 0.6 is 0 Å². The molecular formula is C19H25N3O. The molecule has 1 aromatic carbocycles. The summed E-state index contributed by atoms with van der Waals surface area (Å²) in [6.45, 7) is 1.66. The first kappa shape index (κ1) is 15.9. The summed E-state index contributed by atoms with van der Waals surface area (Å²) in [4.78, 5) is 21.1. The summed E-state index contributed by atoms with van der Waals surface area (Å²) in [6, 6.07) is 8.26. The first-order valence-corrected chi connectivity index (χ1v) is 8.43. The fourth-order valence-electron chi connectivity index (χ4n) is 3.48. The third kappa shape index (κ3) is 3.53. The third-order valence-corrected chi connectivity index (χ3v) is 4.86. The maximum atomic E-state index is 12.9. The van der Waals surface area contributed by atoms with Crippen molar-refractivity contribution in [1.82, 2.24) is 14.8 Å². The first-order chi connectivity index (χ1) is 11.2. The predicted octanol–water partition coefficient (Wildman–Crippen LogP) is 3.07. The van der Waals surface area contributed by atoms with Crippen LogP contribution in [0.15, 0.2) is 36.7 Å². The molecule has 1 atom stereocenters. The highest BCUT2D eigenvalue weighted by Gasteiger charge is 2.27. The fraction of sp³-hybridized carbons (Fsp3) is 0.474. The van der Waals surface area contributed by atoms with Crippen molar-refractivity contribution in [1.29, 1.82) is 0 Å². The number of aromatic nitrogens is 1. The Kier molecular flexibility index (Phi) is 4.91. The normalized spacial score (nSPS) is 19.5. The second kappa shape index (κ2) is 7.09. The molecule has 1 aliphatic heterocycles. The van der Waals surface area contributed by atoms with E-state index in [0.717, 1.165) is 24.8 Å². The van der Waals surface area contributed by atoms with E-state index in [4.69, 9.17) is 0 Å². The van der Waals surface area contributed by atoms with Gasteiger partial charge in [0, 0.05) is 31.4 Å². The molecule has 1 aromatic heterocycles. The minimum absolute atomic E-state index is 0.0270. The Morgan fingerprint density at radius 3 is 3.04 bits per heavy atom. The molecule has 1 fully saturated rings. The van der Waals surface area contributed by atoms with E-state index in [1.807, 2.05) is 36.5 Å². The van der Waals surface area contributed by atoms with Crippen molar-refractivity contribution in [3.63, 3.8) is 0 Å². The molecule has 0 unspecified atom stereocenters. The minimum Gasteiger partial charge on any atom is -0.340 e. The molecule has 4 heteroatoms. The third-order valence-electron chi connectivity index (χ3n) is 4.86. The summed E-state index contributed by atoms with van der Waals surface area (Å²) in [6.07, 6.45) is 8.23. The standard InChI is InChI=1S/C19H25N3O/c1-21-12-5-3-4-9-18(21)19(23)22(2)14-16-8-6-7-15-13-20-11-10-17(15)16/h6-8,10-11,13,18H,3-5,9,12,14H2,1-2H3/t18-/m1/s1. The van der Waals surface area contributed by atoms with E-state index in [-0.39, 0.29) is 11.9 Å². The van der Waals surface area contributed by atoms with Gasteiger partial charge in [0.05, 0.1) is 6.04 Å². The molecule has 0 spiro atoms. The van der Waals surface area contributed by atoms with Gasteiger partial charge in [0.15, 0.2) is 0 Å². The number of likely N-dealkylation sites (tertiary alicyclic amines) is 1. The number of pyridine rings is 1. The van der Waals surface area contributed by atoms with Crippen LogP contribution in [0.2, 0.25) is 0 Å². The second-order valence-electron chi connectivity index (χ2n) is 6.55. The van der Waals surface area contributed by atoms with Gasteiger partial charge in [-0.05, 0) is 43.5 Å². The van der Waals surface area contributed by atoms with E-state index in [9.17, 15) is 4.79 Å². The van der Waals surface area contributed by atoms with Crippen molar-refractivity contribution in [2.24, 2.45) is 0 Å². The smallest absolute Gasteiger partial charge is 0.239 e. The van der Waals surface area contributed by atoms with Gasteiger partial charge in [0.2, 0.25) is 5.91 Å². The molecule has 122 valence electrons. The largest absolute Gasteiger partial charge is 0.340 e. The first-order valence-electron chi connectivity index (χ1n) is 8.43. The molecule has 1 amide bonds. The van der Waals surface area contributed by atoms with Crippen molar-refractivity contribution >= 4 is 16.7 Å². The number of carbonyl (C=O) groups is 1. The van der Waals surface area contributed by atoms with Crippen LogP contribution < -0.4 is 0 Å². The number of hydrogen-bond donors (Lipinski definition) is 0. The second-order valence-corrected chi connectivity index (χ2v) is 6.55. The number of amides is 1. The zero-order chi connectivity index (χ0) is 16.2. The van der Waals surface area contributed by atoms with Gasteiger partial charge >= 0.3 is 0 Å². The molecule has 2 heterocycles. The molecule has 1 aliphatic rings. The lowest BCUT2D eigenvalue weighted by Crippen LogP contribution is -2.45. The number of carbonyl (C=O) groups excluding carboxylic acids is 1. The van der Waals surface area contributed by atoms with Gasteiger partial charge in [-0.3, -0.25) is 14.7 Å². The maximum absolute atomic E-state index is 12.9. The quantitative estimate of drug-likeness (QED) is 0.874. The van der Waals surface area contributed by atoms with Gasteiger partial charge < -0.3 is 4.90 Å². The molecule has 3 rings (SSSR count). The maximum Gasteiger partial charge on any atom is 0.239 e. The SMILES string of the molecule is CN(Cc1cccc2cnccc12)C(=O)[C@H]1CCCCCN1C. The van der Waals surface area contributed by atoms with Crippen molar-refractivity contribution in [2.45, 2.75) is 38.3 Å². The summed E-state index contributed by atoms with van der Waals surface area (Å²) in [5.41, 5.74) is 1.18. The average molecular weight is 311 g/mol. The monoisotopic (exact) mass is 311 g/mol. The van der Waals surface area contributed by atoms with E-state index in [2.05, 4.69) is 29.1 Å². The van der Waals surface area contributed by atoms with E-state index in [1.165, 1.54) is 23.8 Å². The number of rotatable bonds is 3. The van der Waals surface area contributed by atoms with E-state index in [1.54, 1.807) is 0 Å². The summed E-state index contributed by atoms with van der Waals surface area (Å²) in [7, 11) is 3.99. The lowest BCUT2D eigenvalue weighted by Gasteiger charge is -2.29. The Balaban J connectivity index is 1.77. The molecule has 23 heavy (non-hydrogen) atoms. The number of benzene rings is 1. The Labute approximate surface area is 138 Å². The highest BCUT2D eigenvalue weighted by atomic mass is 16.2. The fourth-order valence-corrected chi connectivity index (χ4v) is 3.48. The van der Waals surface area contributed by atoms with Crippen LogP contribution in [-0.2, 0) is 11.3 Å². The van der Waals surface area contributed by atoms with Crippen molar-refractivity contribution in [2.75, 3.05) is 20.6 Å². The summed E-state index contributed by atoms with van der Waals surface area (Å²) >= 11 is 0. The number of likely N-dealkylation sites (N-methyl/N-ethyl adjacent to an activating group) is 2. The van der Waals surface area contributed by atoms with E-state index in [0.29, 0.717) is 6.54 Å². The van der Waals surface area contributed by atoms with Crippen LogP contribution in [0.3, 0.4) is 0 Å². The summed E-state index contributed by atoms with van der Waals surface area (Å²) < 4.78 is 0. The van der Waals surface area contributed by atoms with Crippen LogP contribution in [0.1, 0.15) is 31.2 Å². The molecular weight excluding hydrogens is 286 g/mol. The van der Waals surface area contributed by atoms with Gasteiger partial charge in [-0.1, -0.05) is 31.0 Å².